The number of alkyl halides is 2. The molecule has 5 rings (SSSR count). The van der Waals surface area contributed by atoms with E-state index < -0.39 is 35.5 Å². The first-order chi connectivity index (χ1) is 19.0. The Balaban J connectivity index is 1.38. The summed E-state index contributed by atoms with van der Waals surface area (Å²) in [6, 6.07) is 9.67. The lowest BCUT2D eigenvalue weighted by atomic mass is 9.92. The fourth-order valence-electron chi connectivity index (χ4n) is 5.37. The van der Waals surface area contributed by atoms with Gasteiger partial charge in [-0.1, -0.05) is 32.9 Å². The van der Waals surface area contributed by atoms with E-state index in [1.165, 1.54) is 12.1 Å². The number of alkyl carbamates (subject to hydrolysis) is 1. The summed E-state index contributed by atoms with van der Waals surface area (Å²) in [4.78, 5) is 25.6. The summed E-state index contributed by atoms with van der Waals surface area (Å²) >= 11 is 0. The second kappa shape index (κ2) is 9.70. The predicted molar refractivity (Wildman–Crippen MR) is 150 cm³/mol. The van der Waals surface area contributed by atoms with Crippen LogP contribution in [0.15, 0.2) is 36.4 Å². The third-order valence-electron chi connectivity index (χ3n) is 7.46. The number of hydrogen-bond acceptors (Lipinski definition) is 4. The summed E-state index contributed by atoms with van der Waals surface area (Å²) in [6.45, 7) is 12.2. The number of anilines is 1. The lowest BCUT2D eigenvalue weighted by molar-refractivity contribution is -0.159. The SMILES string of the molecule is CC(C)(C)OC(=O)NCCn1c(C(C)(C)C)cc2cc(NC(=O)C3(c4ccc5c(c4)CC(F)(F)O5)CC3)c(F)cc21. The molecule has 1 aliphatic heterocycles. The minimum atomic E-state index is -3.26. The topological polar surface area (TPSA) is 81.6 Å². The molecule has 1 fully saturated rings. The Morgan fingerprint density at radius 1 is 1.05 bits per heavy atom. The lowest BCUT2D eigenvalue weighted by Crippen LogP contribution is -2.34. The summed E-state index contributed by atoms with van der Waals surface area (Å²) in [6.07, 6.45) is -3.25. The van der Waals surface area contributed by atoms with Gasteiger partial charge in [0.25, 0.3) is 0 Å². The normalized spacial score (nSPS) is 17.1. The van der Waals surface area contributed by atoms with Crippen molar-refractivity contribution in [2.45, 2.75) is 89.9 Å². The summed E-state index contributed by atoms with van der Waals surface area (Å²) in [5.74, 6) is -0.853. The molecule has 1 aromatic heterocycles. The van der Waals surface area contributed by atoms with Gasteiger partial charge in [0.1, 0.15) is 17.2 Å². The number of carbonyl (C=O) groups excluding carboxylic acids is 2. The van der Waals surface area contributed by atoms with Crippen molar-refractivity contribution in [3.05, 3.63) is 59.0 Å². The molecule has 2 amide bonds. The van der Waals surface area contributed by atoms with Crippen LogP contribution in [-0.2, 0) is 33.3 Å². The average molecular weight is 572 g/mol. The molecule has 0 unspecified atom stereocenters. The van der Waals surface area contributed by atoms with Crippen LogP contribution in [0.2, 0.25) is 0 Å². The van der Waals surface area contributed by atoms with Gasteiger partial charge in [0, 0.05) is 41.2 Å². The second-order valence-corrected chi connectivity index (χ2v) is 13.0. The maximum atomic E-state index is 15.5. The zero-order chi connectivity index (χ0) is 30.0. The number of amides is 2. The molecular formula is C31H36F3N3O4. The number of aromatic nitrogens is 1. The highest BCUT2D eigenvalue weighted by Crippen LogP contribution is 2.51. The van der Waals surface area contributed by atoms with Gasteiger partial charge in [0.2, 0.25) is 5.91 Å². The van der Waals surface area contributed by atoms with Crippen LogP contribution in [0, 0.1) is 5.82 Å². The molecule has 0 spiro atoms. The molecule has 1 aliphatic carbocycles. The number of rotatable bonds is 6. The van der Waals surface area contributed by atoms with E-state index in [1.807, 2.05) is 31.4 Å². The summed E-state index contributed by atoms with van der Waals surface area (Å²) < 4.78 is 54.8. The number of hydrogen-bond donors (Lipinski definition) is 2. The molecule has 0 saturated heterocycles. The van der Waals surface area contributed by atoms with Gasteiger partial charge < -0.3 is 24.7 Å². The van der Waals surface area contributed by atoms with Crippen LogP contribution >= 0.6 is 0 Å². The van der Waals surface area contributed by atoms with Crippen molar-refractivity contribution in [3.8, 4) is 5.75 Å². The Kier molecular flexibility index (Phi) is 6.82. The molecule has 3 aromatic rings. The Labute approximate surface area is 237 Å². The van der Waals surface area contributed by atoms with Crippen LogP contribution in [0.4, 0.5) is 23.7 Å². The van der Waals surface area contributed by atoms with Crippen LogP contribution in [0.25, 0.3) is 10.9 Å². The quantitative estimate of drug-likeness (QED) is 0.341. The zero-order valence-corrected chi connectivity index (χ0v) is 24.2. The molecule has 0 bridgehead atoms. The van der Waals surface area contributed by atoms with Crippen LogP contribution in [0.5, 0.6) is 5.75 Å². The van der Waals surface area contributed by atoms with Gasteiger partial charge in [-0.25, -0.2) is 9.18 Å². The second-order valence-electron chi connectivity index (χ2n) is 13.0. The number of nitrogens with one attached hydrogen (secondary N) is 2. The van der Waals surface area contributed by atoms with Gasteiger partial charge >= 0.3 is 12.2 Å². The van der Waals surface area contributed by atoms with Gasteiger partial charge in [-0.15, -0.1) is 0 Å². The maximum absolute atomic E-state index is 15.5. The van der Waals surface area contributed by atoms with Crippen molar-refractivity contribution < 1.29 is 32.2 Å². The Bertz CT molecular complexity index is 1530. The number of ether oxygens (including phenoxy) is 2. The molecule has 220 valence electrons. The van der Waals surface area contributed by atoms with Crippen LogP contribution in [0.3, 0.4) is 0 Å². The smallest absolute Gasteiger partial charge is 0.407 e. The summed E-state index contributed by atoms with van der Waals surface area (Å²) in [7, 11) is 0. The van der Waals surface area contributed by atoms with Gasteiger partial charge in [-0.2, -0.15) is 8.78 Å². The first-order valence-corrected chi connectivity index (χ1v) is 13.8. The van der Waals surface area contributed by atoms with Crippen molar-refractivity contribution in [1.29, 1.82) is 0 Å². The monoisotopic (exact) mass is 571 g/mol. The predicted octanol–water partition coefficient (Wildman–Crippen LogP) is 6.80. The number of carbonyl (C=O) groups is 2. The summed E-state index contributed by atoms with van der Waals surface area (Å²) in [5.41, 5.74) is 0.810. The number of nitrogens with zero attached hydrogens (tertiary/aromatic N) is 1. The largest absolute Gasteiger partial charge is 0.444 e. The highest BCUT2D eigenvalue weighted by Gasteiger charge is 2.52. The molecule has 2 aliphatic rings. The first-order valence-electron chi connectivity index (χ1n) is 13.8. The fraction of sp³-hybridized carbons (Fsp3) is 0.484. The van der Waals surface area contributed by atoms with Gasteiger partial charge in [-0.05, 0) is 57.4 Å². The molecule has 2 heterocycles. The van der Waals surface area contributed by atoms with Crippen molar-refractivity contribution in [1.82, 2.24) is 9.88 Å². The third kappa shape index (κ3) is 5.87. The van der Waals surface area contributed by atoms with E-state index in [2.05, 4.69) is 15.4 Å². The third-order valence-corrected chi connectivity index (χ3v) is 7.46. The van der Waals surface area contributed by atoms with Crippen molar-refractivity contribution in [2.24, 2.45) is 0 Å². The van der Waals surface area contributed by atoms with E-state index in [0.717, 1.165) is 11.1 Å². The number of benzene rings is 2. The Morgan fingerprint density at radius 2 is 1.76 bits per heavy atom. The standard InChI is InChI=1S/C31H36F3N3O4/c1-28(2,3)25-15-18-14-22(21(32)16-23(18)37(25)12-11-35-27(39)41-29(4,5)6)36-26(38)30(9-10-30)20-7-8-24-19(13-20)17-31(33,34)40-24/h7-8,13-16H,9-12,17H2,1-6H3,(H,35,39)(H,36,38). The van der Waals surface area contributed by atoms with E-state index in [4.69, 9.17) is 4.74 Å². The first kappa shape index (κ1) is 28.8. The van der Waals surface area contributed by atoms with Gasteiger partial charge in [-0.3, -0.25) is 4.79 Å². The molecular weight excluding hydrogens is 535 g/mol. The van der Waals surface area contributed by atoms with Crippen LogP contribution in [0.1, 0.15) is 71.2 Å². The van der Waals surface area contributed by atoms with E-state index >= 15 is 4.39 Å². The zero-order valence-electron chi connectivity index (χ0n) is 24.2. The van der Waals surface area contributed by atoms with Crippen molar-refractivity contribution in [2.75, 3.05) is 11.9 Å². The Hall–Kier alpha value is -3.69. The molecule has 0 atom stereocenters. The Morgan fingerprint density at radius 3 is 2.39 bits per heavy atom. The molecule has 0 radical (unpaired) electrons. The van der Waals surface area contributed by atoms with E-state index in [9.17, 15) is 18.4 Å². The highest BCUT2D eigenvalue weighted by atomic mass is 19.3. The van der Waals surface area contributed by atoms with Crippen LogP contribution < -0.4 is 15.4 Å². The van der Waals surface area contributed by atoms with E-state index in [1.54, 1.807) is 39.0 Å². The number of halogens is 3. The van der Waals surface area contributed by atoms with Gasteiger partial charge in [0.15, 0.2) is 0 Å². The average Bonchev–Trinajstić information content (AvgIpc) is 3.48. The fourth-order valence-corrected chi connectivity index (χ4v) is 5.37. The van der Waals surface area contributed by atoms with Gasteiger partial charge in [0.05, 0.1) is 23.0 Å². The van der Waals surface area contributed by atoms with Crippen molar-refractivity contribution in [3.63, 3.8) is 0 Å². The maximum Gasteiger partial charge on any atom is 0.407 e. The van der Waals surface area contributed by atoms with E-state index in [-0.39, 0.29) is 29.3 Å². The molecule has 41 heavy (non-hydrogen) atoms. The lowest BCUT2D eigenvalue weighted by Gasteiger charge is -2.23. The van der Waals surface area contributed by atoms with E-state index in [0.29, 0.717) is 36.0 Å². The molecule has 1 saturated carbocycles. The van der Waals surface area contributed by atoms with Crippen molar-refractivity contribution >= 4 is 28.6 Å². The molecule has 7 nitrogen and oxygen atoms in total. The number of fused-ring (bicyclic) bond motifs is 2. The molecule has 10 heteroatoms. The minimum absolute atomic E-state index is 0.0503. The highest BCUT2D eigenvalue weighted by molar-refractivity contribution is 6.02. The minimum Gasteiger partial charge on any atom is -0.444 e. The van der Waals surface area contributed by atoms with Crippen LogP contribution in [-0.4, -0.2) is 34.8 Å². The summed E-state index contributed by atoms with van der Waals surface area (Å²) in [5, 5.41) is 6.25. The molecule has 2 aromatic carbocycles. The molecule has 2 N–H and O–H groups in total.